The Balaban J connectivity index is 3.87. The van der Waals surface area contributed by atoms with Gasteiger partial charge in [0, 0.05) is 25.6 Å². The number of carbonyl (C=O) groups excluding carboxylic acids is 1. The fraction of sp³-hybridized carbons (Fsp3) is 0.900. The summed E-state index contributed by atoms with van der Waals surface area (Å²) in [6.07, 6.45) is 0.290. The van der Waals surface area contributed by atoms with Gasteiger partial charge in [-0.2, -0.15) is 0 Å². The largest absolute Gasteiger partial charge is 0.387 e. The molecule has 0 fully saturated rings. The van der Waals surface area contributed by atoms with E-state index in [0.717, 1.165) is 0 Å². The van der Waals surface area contributed by atoms with Crippen molar-refractivity contribution in [3.63, 3.8) is 0 Å². The Morgan fingerprint density at radius 2 is 2.13 bits per heavy atom. The molecule has 5 heteroatoms. The monoisotopic (exact) mass is 217 g/mol. The van der Waals surface area contributed by atoms with Gasteiger partial charge in [-0.15, -0.1) is 0 Å². The summed E-state index contributed by atoms with van der Waals surface area (Å²) in [6.45, 7) is 4.22. The minimum absolute atomic E-state index is 0.121. The summed E-state index contributed by atoms with van der Waals surface area (Å²) in [5, 5.41) is 12.5. The van der Waals surface area contributed by atoms with Crippen molar-refractivity contribution in [1.29, 1.82) is 0 Å². The summed E-state index contributed by atoms with van der Waals surface area (Å²) in [4.78, 5) is 13.1. The zero-order valence-corrected chi connectivity index (χ0v) is 10.1. The molecule has 4 N–H and O–H groups in total. The zero-order valence-electron chi connectivity index (χ0n) is 10.1. The highest BCUT2D eigenvalue weighted by atomic mass is 16.3. The van der Waals surface area contributed by atoms with Gasteiger partial charge < -0.3 is 21.1 Å². The van der Waals surface area contributed by atoms with E-state index in [-0.39, 0.29) is 24.9 Å². The molecule has 0 aromatic heterocycles. The molecule has 15 heavy (non-hydrogen) atoms. The summed E-state index contributed by atoms with van der Waals surface area (Å²) < 4.78 is 0. The number of hydrogen-bond acceptors (Lipinski definition) is 4. The van der Waals surface area contributed by atoms with Crippen molar-refractivity contribution in [2.24, 2.45) is 5.73 Å². The number of hydrogen-bond donors (Lipinski definition) is 3. The molecule has 0 aliphatic heterocycles. The summed E-state index contributed by atoms with van der Waals surface area (Å²) in [7, 11) is 3.75. The van der Waals surface area contributed by atoms with Crippen molar-refractivity contribution in [2.75, 3.05) is 27.2 Å². The second-order valence-electron chi connectivity index (χ2n) is 4.69. The van der Waals surface area contributed by atoms with Crippen LogP contribution in [0.4, 0.5) is 0 Å². The number of rotatable bonds is 6. The van der Waals surface area contributed by atoms with Gasteiger partial charge in [0.2, 0.25) is 5.91 Å². The van der Waals surface area contributed by atoms with Crippen molar-refractivity contribution >= 4 is 5.91 Å². The maximum Gasteiger partial charge on any atom is 0.221 e. The first kappa shape index (κ1) is 14.3. The van der Waals surface area contributed by atoms with E-state index in [9.17, 15) is 9.90 Å². The molecule has 2 atom stereocenters. The first-order valence-corrected chi connectivity index (χ1v) is 5.12. The molecule has 5 nitrogen and oxygen atoms in total. The van der Waals surface area contributed by atoms with E-state index < -0.39 is 5.60 Å². The van der Waals surface area contributed by atoms with Crippen molar-refractivity contribution < 1.29 is 9.90 Å². The Bertz CT molecular complexity index is 203. The minimum atomic E-state index is -0.906. The van der Waals surface area contributed by atoms with Crippen molar-refractivity contribution in [3.8, 4) is 0 Å². The first-order chi connectivity index (χ1) is 6.73. The lowest BCUT2D eigenvalue weighted by molar-refractivity contribution is -0.122. The van der Waals surface area contributed by atoms with Crippen LogP contribution >= 0.6 is 0 Å². The Morgan fingerprint density at radius 1 is 1.60 bits per heavy atom. The Kier molecular flexibility index (Phi) is 5.79. The van der Waals surface area contributed by atoms with Crippen molar-refractivity contribution in [2.45, 2.75) is 31.9 Å². The lowest BCUT2D eigenvalue weighted by Crippen LogP contribution is -2.47. The average Bonchev–Trinajstić information content (AvgIpc) is 1.97. The lowest BCUT2D eigenvalue weighted by Gasteiger charge is -2.27. The Morgan fingerprint density at radius 3 is 2.53 bits per heavy atom. The number of nitrogens with zero attached hydrogens (tertiary/aromatic N) is 1. The lowest BCUT2D eigenvalue weighted by atomic mass is 10.1. The van der Waals surface area contributed by atoms with Gasteiger partial charge >= 0.3 is 0 Å². The van der Waals surface area contributed by atoms with Gasteiger partial charge in [0.15, 0.2) is 0 Å². The summed E-state index contributed by atoms with van der Waals surface area (Å²) in [5.74, 6) is -0.121. The molecule has 0 bridgehead atoms. The highest BCUT2D eigenvalue weighted by Crippen LogP contribution is 2.02. The molecule has 0 rings (SSSR count). The number of amides is 1. The van der Waals surface area contributed by atoms with Crippen molar-refractivity contribution in [3.05, 3.63) is 0 Å². The minimum Gasteiger partial charge on any atom is -0.387 e. The average molecular weight is 217 g/mol. The number of nitrogens with two attached hydrogens (primary N) is 1. The molecular formula is C10H23N3O2. The van der Waals surface area contributed by atoms with Crippen LogP contribution in [0.3, 0.4) is 0 Å². The van der Waals surface area contributed by atoms with E-state index in [1.807, 2.05) is 19.0 Å². The van der Waals surface area contributed by atoms with Gasteiger partial charge in [-0.05, 0) is 27.9 Å². The van der Waals surface area contributed by atoms with Gasteiger partial charge in [0.25, 0.3) is 0 Å². The molecule has 0 aliphatic carbocycles. The topological polar surface area (TPSA) is 78.6 Å². The normalized spacial score (nSPS) is 17.3. The van der Waals surface area contributed by atoms with Gasteiger partial charge in [0.05, 0.1) is 5.60 Å². The van der Waals surface area contributed by atoms with E-state index in [1.54, 1.807) is 13.8 Å². The highest BCUT2D eigenvalue weighted by molar-refractivity contribution is 5.76. The number of nitrogens with one attached hydrogen (secondary N) is 1. The molecule has 0 aromatic rings. The smallest absolute Gasteiger partial charge is 0.221 e. The molecule has 0 radical (unpaired) electrons. The predicted molar refractivity (Wildman–Crippen MR) is 60.5 cm³/mol. The molecule has 2 unspecified atom stereocenters. The van der Waals surface area contributed by atoms with Crippen molar-refractivity contribution in [1.82, 2.24) is 10.2 Å². The Hall–Kier alpha value is -0.650. The predicted octanol–water partition coefficient (Wildman–Crippen LogP) is -0.847. The van der Waals surface area contributed by atoms with Crippen LogP contribution in [0.5, 0.6) is 0 Å². The van der Waals surface area contributed by atoms with E-state index in [0.29, 0.717) is 6.54 Å². The third-order valence-corrected chi connectivity index (χ3v) is 1.83. The fourth-order valence-electron chi connectivity index (χ4n) is 1.39. The van der Waals surface area contributed by atoms with Gasteiger partial charge in [-0.25, -0.2) is 0 Å². The molecule has 1 amide bonds. The number of aliphatic hydroxyl groups is 1. The highest BCUT2D eigenvalue weighted by Gasteiger charge is 2.22. The van der Waals surface area contributed by atoms with Crippen LogP contribution in [0.1, 0.15) is 20.3 Å². The molecule has 90 valence electrons. The fourth-order valence-corrected chi connectivity index (χ4v) is 1.39. The second-order valence-corrected chi connectivity index (χ2v) is 4.69. The quantitative estimate of drug-likeness (QED) is 0.541. The SMILES string of the molecule is CC(N)CC(=O)NCC(C)(O)CN(C)C. The molecule has 0 aromatic carbocycles. The maximum atomic E-state index is 11.3. The van der Waals surface area contributed by atoms with Gasteiger partial charge in [-0.3, -0.25) is 4.79 Å². The van der Waals surface area contributed by atoms with Gasteiger partial charge in [-0.1, -0.05) is 0 Å². The number of likely N-dealkylation sites (N-methyl/N-ethyl adjacent to an activating group) is 1. The van der Waals surface area contributed by atoms with Gasteiger partial charge in [0.1, 0.15) is 0 Å². The van der Waals surface area contributed by atoms with E-state index in [1.165, 1.54) is 0 Å². The Labute approximate surface area is 91.6 Å². The molecule has 0 heterocycles. The molecular weight excluding hydrogens is 194 g/mol. The van der Waals surface area contributed by atoms with Crippen LogP contribution in [0.25, 0.3) is 0 Å². The summed E-state index contributed by atoms with van der Waals surface area (Å²) in [6, 6.07) is -0.149. The van der Waals surface area contributed by atoms with Crippen LogP contribution in [-0.2, 0) is 4.79 Å². The first-order valence-electron chi connectivity index (χ1n) is 5.12. The molecule has 0 saturated carbocycles. The molecule has 0 spiro atoms. The van der Waals surface area contributed by atoms with Crippen LogP contribution in [0.15, 0.2) is 0 Å². The third kappa shape index (κ3) is 8.35. The van der Waals surface area contributed by atoms with Crippen LogP contribution in [-0.4, -0.2) is 54.7 Å². The zero-order chi connectivity index (χ0) is 12.1. The standard InChI is InChI=1S/C10H23N3O2/c1-8(11)5-9(14)12-6-10(2,15)7-13(3)4/h8,15H,5-7,11H2,1-4H3,(H,12,14). The molecule has 0 aliphatic rings. The summed E-state index contributed by atoms with van der Waals surface area (Å²) >= 11 is 0. The van der Waals surface area contributed by atoms with Crippen LogP contribution in [0, 0.1) is 0 Å². The third-order valence-electron chi connectivity index (χ3n) is 1.83. The van der Waals surface area contributed by atoms with Crippen LogP contribution in [0.2, 0.25) is 0 Å². The van der Waals surface area contributed by atoms with E-state index in [2.05, 4.69) is 5.32 Å². The molecule has 0 saturated heterocycles. The van der Waals surface area contributed by atoms with Crippen LogP contribution < -0.4 is 11.1 Å². The van der Waals surface area contributed by atoms with E-state index >= 15 is 0 Å². The maximum absolute atomic E-state index is 11.3. The number of carbonyl (C=O) groups is 1. The van der Waals surface area contributed by atoms with E-state index in [4.69, 9.17) is 5.73 Å². The second kappa shape index (κ2) is 6.05. The summed E-state index contributed by atoms with van der Waals surface area (Å²) in [5.41, 5.74) is 4.58.